The molecule has 192 valence electrons. The molecule has 1 heterocycles. The number of amides is 1. The molecule has 36 heavy (non-hydrogen) atoms. The number of aliphatic hydroxyl groups is 1. The summed E-state index contributed by atoms with van der Waals surface area (Å²) < 4.78 is 60.3. The van der Waals surface area contributed by atoms with E-state index in [1.165, 1.54) is 32.0 Å². The molecule has 2 aromatic carbocycles. The van der Waals surface area contributed by atoms with E-state index >= 15 is 0 Å². The zero-order chi connectivity index (χ0) is 26.7. The zero-order valence-electron chi connectivity index (χ0n) is 19.4. The maximum absolute atomic E-state index is 13.8. The first kappa shape index (κ1) is 27.4. The molecule has 0 aliphatic carbocycles. The van der Waals surface area contributed by atoms with Crippen molar-refractivity contribution in [2.45, 2.75) is 37.8 Å². The maximum Gasteiger partial charge on any atom is 0.424 e. The summed E-state index contributed by atoms with van der Waals surface area (Å²) in [6.07, 6.45) is -5.98. The molecule has 1 unspecified atom stereocenters. The maximum atomic E-state index is 13.8. The van der Waals surface area contributed by atoms with E-state index in [0.29, 0.717) is 0 Å². The monoisotopic (exact) mass is 525 g/mol. The minimum absolute atomic E-state index is 0.0231. The summed E-state index contributed by atoms with van der Waals surface area (Å²) in [6, 6.07) is 14.8. The van der Waals surface area contributed by atoms with E-state index in [4.69, 9.17) is 22.1 Å². The standard InChI is InChI=1S/C25H24ClF4N3O3/c1-23(2,33-22(34)36-13-15-6-4-3-5-7-15)17-11-20(16-8-9-19(27)18(26)10-16)32-21(12-17)24(35,14-31)25(28,29)30/h3-12,35H,13-14,31H2,1-2H3,(H,33,34). The summed E-state index contributed by atoms with van der Waals surface area (Å²) >= 11 is 5.85. The molecule has 0 bridgehead atoms. The van der Waals surface area contributed by atoms with Gasteiger partial charge in [0.05, 0.1) is 21.9 Å². The second-order valence-corrected chi connectivity index (χ2v) is 9.04. The predicted molar refractivity (Wildman–Crippen MR) is 126 cm³/mol. The quantitative estimate of drug-likeness (QED) is 0.358. The second-order valence-electron chi connectivity index (χ2n) is 8.63. The lowest BCUT2D eigenvalue weighted by Gasteiger charge is -2.32. The Morgan fingerprint density at radius 1 is 1.11 bits per heavy atom. The summed E-state index contributed by atoms with van der Waals surface area (Å²) in [7, 11) is 0. The van der Waals surface area contributed by atoms with Gasteiger partial charge in [0.2, 0.25) is 5.60 Å². The van der Waals surface area contributed by atoms with Gasteiger partial charge >= 0.3 is 12.3 Å². The molecule has 0 aliphatic rings. The molecule has 1 amide bonds. The van der Waals surface area contributed by atoms with Crippen molar-refractivity contribution in [3.05, 3.63) is 88.3 Å². The van der Waals surface area contributed by atoms with Gasteiger partial charge in [0.15, 0.2) is 0 Å². The van der Waals surface area contributed by atoms with Crippen LogP contribution in [0, 0.1) is 5.82 Å². The number of carbonyl (C=O) groups is 1. The molecule has 11 heteroatoms. The summed E-state index contributed by atoms with van der Waals surface area (Å²) in [5, 5.41) is 12.8. The van der Waals surface area contributed by atoms with Gasteiger partial charge in [-0.2, -0.15) is 13.2 Å². The van der Waals surface area contributed by atoms with Crippen LogP contribution in [0.2, 0.25) is 5.02 Å². The smallest absolute Gasteiger partial charge is 0.424 e. The van der Waals surface area contributed by atoms with Crippen LogP contribution in [0.15, 0.2) is 60.7 Å². The third kappa shape index (κ3) is 5.95. The number of hydrogen-bond donors (Lipinski definition) is 3. The largest absolute Gasteiger partial charge is 0.445 e. The third-order valence-electron chi connectivity index (χ3n) is 5.58. The number of alkyl halides is 3. The van der Waals surface area contributed by atoms with Crippen molar-refractivity contribution in [1.29, 1.82) is 0 Å². The van der Waals surface area contributed by atoms with E-state index in [2.05, 4.69) is 10.3 Å². The molecule has 1 aromatic heterocycles. The number of hydrogen-bond acceptors (Lipinski definition) is 5. The number of carbonyl (C=O) groups excluding carboxylic acids is 1. The lowest BCUT2D eigenvalue weighted by Crippen LogP contribution is -2.49. The topological polar surface area (TPSA) is 97.5 Å². The summed E-state index contributed by atoms with van der Waals surface area (Å²) in [4.78, 5) is 16.5. The van der Waals surface area contributed by atoms with Gasteiger partial charge in [0, 0.05) is 12.1 Å². The number of nitrogens with one attached hydrogen (secondary N) is 1. The fraction of sp³-hybridized carbons (Fsp3) is 0.280. The minimum Gasteiger partial charge on any atom is -0.445 e. The number of nitrogens with two attached hydrogens (primary N) is 1. The molecule has 3 aromatic rings. The van der Waals surface area contributed by atoms with Crippen LogP contribution in [0.4, 0.5) is 22.4 Å². The number of benzene rings is 2. The summed E-state index contributed by atoms with van der Waals surface area (Å²) in [5.74, 6) is -0.728. The van der Waals surface area contributed by atoms with Gasteiger partial charge in [-0.3, -0.25) is 0 Å². The average molecular weight is 526 g/mol. The second kappa shape index (κ2) is 10.4. The highest BCUT2D eigenvalue weighted by Gasteiger charge is 2.55. The number of nitrogens with zero attached hydrogens (tertiary/aromatic N) is 1. The number of halogens is 5. The van der Waals surface area contributed by atoms with E-state index in [1.54, 1.807) is 24.3 Å². The van der Waals surface area contributed by atoms with Crippen molar-refractivity contribution in [3.8, 4) is 11.3 Å². The van der Waals surface area contributed by atoms with Crippen molar-refractivity contribution < 1.29 is 32.2 Å². The lowest BCUT2D eigenvalue weighted by atomic mass is 9.89. The van der Waals surface area contributed by atoms with Crippen LogP contribution in [0.3, 0.4) is 0 Å². The van der Waals surface area contributed by atoms with Gasteiger partial charge < -0.3 is 20.9 Å². The Labute approximate surface area is 210 Å². The van der Waals surface area contributed by atoms with E-state index in [-0.39, 0.29) is 28.5 Å². The van der Waals surface area contributed by atoms with Crippen molar-refractivity contribution in [2.75, 3.05) is 6.54 Å². The van der Waals surface area contributed by atoms with E-state index in [0.717, 1.165) is 17.7 Å². The van der Waals surface area contributed by atoms with Crippen molar-refractivity contribution >= 4 is 17.7 Å². The molecular weight excluding hydrogens is 502 g/mol. The van der Waals surface area contributed by atoms with Gasteiger partial charge in [0.25, 0.3) is 0 Å². The van der Waals surface area contributed by atoms with E-state index in [1.807, 2.05) is 6.07 Å². The van der Waals surface area contributed by atoms with Gasteiger partial charge in [-0.1, -0.05) is 41.9 Å². The van der Waals surface area contributed by atoms with Crippen LogP contribution in [0.1, 0.15) is 30.7 Å². The summed E-state index contributed by atoms with van der Waals surface area (Å²) in [6.45, 7) is 1.84. The molecule has 0 spiro atoms. The van der Waals surface area contributed by atoms with Crippen LogP contribution < -0.4 is 11.1 Å². The minimum atomic E-state index is -5.16. The fourth-order valence-electron chi connectivity index (χ4n) is 3.36. The van der Waals surface area contributed by atoms with Crippen LogP contribution >= 0.6 is 11.6 Å². The Morgan fingerprint density at radius 2 is 1.78 bits per heavy atom. The Morgan fingerprint density at radius 3 is 2.36 bits per heavy atom. The fourth-order valence-corrected chi connectivity index (χ4v) is 3.54. The zero-order valence-corrected chi connectivity index (χ0v) is 20.1. The van der Waals surface area contributed by atoms with E-state index < -0.39 is 41.5 Å². The molecule has 0 saturated heterocycles. The molecule has 4 N–H and O–H groups in total. The number of pyridine rings is 1. The number of rotatable bonds is 7. The molecule has 6 nitrogen and oxygen atoms in total. The first-order chi connectivity index (χ1) is 16.8. The Balaban J connectivity index is 2.02. The Kier molecular flexibility index (Phi) is 7.92. The Hall–Kier alpha value is -3.21. The van der Waals surface area contributed by atoms with Crippen LogP contribution in [-0.4, -0.2) is 28.9 Å². The van der Waals surface area contributed by atoms with Crippen LogP contribution in [-0.2, 0) is 22.5 Å². The van der Waals surface area contributed by atoms with Gasteiger partial charge in [0.1, 0.15) is 12.4 Å². The van der Waals surface area contributed by atoms with Gasteiger partial charge in [-0.15, -0.1) is 0 Å². The lowest BCUT2D eigenvalue weighted by molar-refractivity contribution is -0.263. The Bertz CT molecular complexity index is 1240. The van der Waals surface area contributed by atoms with Crippen LogP contribution in [0.25, 0.3) is 11.3 Å². The van der Waals surface area contributed by atoms with E-state index in [9.17, 15) is 27.5 Å². The van der Waals surface area contributed by atoms with Crippen LogP contribution in [0.5, 0.6) is 0 Å². The van der Waals surface area contributed by atoms with Gasteiger partial charge in [-0.05, 0) is 55.3 Å². The molecule has 3 rings (SSSR count). The molecule has 0 radical (unpaired) electrons. The van der Waals surface area contributed by atoms with Crippen molar-refractivity contribution in [2.24, 2.45) is 5.73 Å². The highest BCUT2D eigenvalue weighted by atomic mass is 35.5. The SMILES string of the molecule is CC(C)(NC(=O)OCc1ccccc1)c1cc(-c2ccc(F)c(Cl)c2)nc(C(O)(CN)C(F)(F)F)c1. The first-order valence-electron chi connectivity index (χ1n) is 10.7. The normalized spacial score (nSPS) is 13.7. The van der Waals surface area contributed by atoms with Gasteiger partial charge in [-0.25, -0.2) is 14.2 Å². The highest BCUT2D eigenvalue weighted by molar-refractivity contribution is 6.31. The first-order valence-corrected chi connectivity index (χ1v) is 11.1. The number of ether oxygens (including phenoxy) is 1. The molecule has 0 fully saturated rings. The molecule has 1 atom stereocenters. The number of aromatic nitrogens is 1. The third-order valence-corrected chi connectivity index (χ3v) is 5.87. The summed E-state index contributed by atoms with van der Waals surface area (Å²) in [5.41, 5.74) is 0.792. The predicted octanol–water partition coefficient (Wildman–Crippen LogP) is 5.41. The van der Waals surface area contributed by atoms with Crippen molar-refractivity contribution in [1.82, 2.24) is 10.3 Å². The average Bonchev–Trinajstić information content (AvgIpc) is 2.83. The van der Waals surface area contributed by atoms with Crippen molar-refractivity contribution in [3.63, 3.8) is 0 Å². The highest BCUT2D eigenvalue weighted by Crippen LogP contribution is 2.40. The molecule has 0 aliphatic heterocycles. The number of alkyl carbamates (subject to hydrolysis) is 1. The molecule has 0 saturated carbocycles. The molecular formula is C25H24ClF4N3O3.